The van der Waals surface area contributed by atoms with Crippen molar-refractivity contribution in [2.45, 2.75) is 24.9 Å². The molecule has 14 heavy (non-hydrogen) atoms. The number of aliphatic hydroxyl groups is 1. The molecule has 1 aliphatic heterocycles. The van der Waals surface area contributed by atoms with Crippen LogP contribution in [0, 0.1) is 0 Å². The highest BCUT2D eigenvalue weighted by Gasteiger charge is 2.29. The molecule has 0 aromatic carbocycles. The van der Waals surface area contributed by atoms with Gasteiger partial charge < -0.3 is 15.2 Å². The van der Waals surface area contributed by atoms with Crippen LogP contribution < -0.4 is 5.32 Å². The molecule has 82 valence electrons. The molecule has 1 saturated heterocycles. The smallest absolute Gasteiger partial charge is 0.234 e. The molecular weight excluding hydrogens is 206 g/mol. The van der Waals surface area contributed by atoms with Crippen LogP contribution in [0.15, 0.2) is 0 Å². The van der Waals surface area contributed by atoms with Crippen LogP contribution in [0.25, 0.3) is 0 Å². The van der Waals surface area contributed by atoms with Crippen molar-refractivity contribution in [1.29, 1.82) is 0 Å². The van der Waals surface area contributed by atoms with E-state index in [0.29, 0.717) is 19.6 Å². The van der Waals surface area contributed by atoms with E-state index in [9.17, 15) is 9.90 Å². The van der Waals surface area contributed by atoms with Gasteiger partial charge in [-0.05, 0) is 19.3 Å². The van der Waals surface area contributed by atoms with Gasteiger partial charge in [0.2, 0.25) is 5.91 Å². The molecule has 0 bridgehead atoms. The molecule has 1 atom stereocenters. The average molecular weight is 222 g/mol. The van der Waals surface area contributed by atoms with Crippen LogP contribution in [0.1, 0.15) is 19.3 Å². The molecule has 1 heterocycles. The Morgan fingerprint density at radius 1 is 1.64 bits per heavy atom. The zero-order valence-electron chi connectivity index (χ0n) is 8.09. The van der Waals surface area contributed by atoms with Gasteiger partial charge in [0.15, 0.2) is 0 Å². The fraction of sp³-hybridized carbons (Fsp3) is 0.889. The van der Waals surface area contributed by atoms with Gasteiger partial charge in [0.1, 0.15) is 5.88 Å². The summed E-state index contributed by atoms with van der Waals surface area (Å²) < 4.78 is 5.18. The standard InChI is InChI=1S/C9H16ClNO3/c10-6-8(12)11-4-3-9(13)2-1-5-14-7-9/h13H,1-7H2,(H,11,12). The number of halogens is 1. The van der Waals surface area contributed by atoms with Crippen LogP contribution >= 0.6 is 11.6 Å². The van der Waals surface area contributed by atoms with Gasteiger partial charge in [-0.25, -0.2) is 0 Å². The Morgan fingerprint density at radius 3 is 3.00 bits per heavy atom. The van der Waals surface area contributed by atoms with Gasteiger partial charge in [-0.15, -0.1) is 11.6 Å². The highest BCUT2D eigenvalue weighted by atomic mass is 35.5. The molecule has 5 heteroatoms. The minimum Gasteiger partial charge on any atom is -0.387 e. The molecule has 0 aromatic heterocycles. The topological polar surface area (TPSA) is 58.6 Å². The third-order valence-electron chi connectivity index (χ3n) is 2.34. The lowest BCUT2D eigenvalue weighted by Crippen LogP contribution is -2.42. The predicted octanol–water partition coefficient (Wildman–Crippen LogP) is 0.273. The van der Waals surface area contributed by atoms with Crippen molar-refractivity contribution < 1.29 is 14.6 Å². The van der Waals surface area contributed by atoms with Crippen molar-refractivity contribution in [2.24, 2.45) is 0 Å². The van der Waals surface area contributed by atoms with E-state index in [-0.39, 0.29) is 11.8 Å². The fourth-order valence-electron chi connectivity index (χ4n) is 1.52. The van der Waals surface area contributed by atoms with Crippen molar-refractivity contribution in [3.05, 3.63) is 0 Å². The van der Waals surface area contributed by atoms with E-state index >= 15 is 0 Å². The van der Waals surface area contributed by atoms with Gasteiger partial charge >= 0.3 is 0 Å². The van der Waals surface area contributed by atoms with Gasteiger partial charge in [0, 0.05) is 13.2 Å². The van der Waals surface area contributed by atoms with Gasteiger partial charge in [0.05, 0.1) is 12.2 Å². The van der Waals surface area contributed by atoms with E-state index in [4.69, 9.17) is 16.3 Å². The van der Waals surface area contributed by atoms with Gasteiger partial charge in [-0.2, -0.15) is 0 Å². The van der Waals surface area contributed by atoms with Crippen molar-refractivity contribution in [3.8, 4) is 0 Å². The maximum atomic E-state index is 10.8. The number of nitrogens with one attached hydrogen (secondary N) is 1. The van der Waals surface area contributed by atoms with Crippen molar-refractivity contribution in [2.75, 3.05) is 25.6 Å². The summed E-state index contributed by atoms with van der Waals surface area (Å²) in [5, 5.41) is 12.6. The van der Waals surface area contributed by atoms with E-state index in [1.807, 2.05) is 0 Å². The first-order valence-corrected chi connectivity index (χ1v) is 5.32. The van der Waals surface area contributed by atoms with E-state index in [1.165, 1.54) is 0 Å². The largest absolute Gasteiger partial charge is 0.387 e. The summed E-state index contributed by atoms with van der Waals surface area (Å²) in [4.78, 5) is 10.8. The second kappa shape index (κ2) is 5.53. The van der Waals surface area contributed by atoms with Crippen LogP contribution in [0.2, 0.25) is 0 Å². The van der Waals surface area contributed by atoms with Crippen molar-refractivity contribution in [3.63, 3.8) is 0 Å². The Kier molecular flexibility index (Phi) is 4.65. The number of carbonyl (C=O) groups excluding carboxylic acids is 1. The zero-order chi connectivity index (χ0) is 10.4. The molecule has 1 rings (SSSR count). The Morgan fingerprint density at radius 2 is 2.43 bits per heavy atom. The van der Waals surface area contributed by atoms with Crippen LogP contribution in [-0.2, 0) is 9.53 Å². The van der Waals surface area contributed by atoms with E-state index < -0.39 is 5.60 Å². The molecule has 0 aromatic rings. The Balaban J connectivity index is 2.18. The minimum atomic E-state index is -0.766. The third-order valence-corrected chi connectivity index (χ3v) is 2.58. The van der Waals surface area contributed by atoms with Crippen molar-refractivity contribution >= 4 is 17.5 Å². The molecular formula is C9H16ClNO3. The summed E-state index contributed by atoms with van der Waals surface area (Å²) in [7, 11) is 0. The molecule has 1 amide bonds. The van der Waals surface area contributed by atoms with Crippen LogP contribution in [-0.4, -0.2) is 42.3 Å². The number of rotatable bonds is 4. The minimum absolute atomic E-state index is 0.0328. The first-order valence-electron chi connectivity index (χ1n) is 4.79. The first kappa shape index (κ1) is 11.8. The van der Waals surface area contributed by atoms with E-state index in [2.05, 4.69) is 5.32 Å². The molecule has 2 N–H and O–H groups in total. The zero-order valence-corrected chi connectivity index (χ0v) is 8.85. The van der Waals surface area contributed by atoms with Gasteiger partial charge in [0.25, 0.3) is 0 Å². The van der Waals surface area contributed by atoms with Crippen LogP contribution in [0.3, 0.4) is 0 Å². The van der Waals surface area contributed by atoms with E-state index in [1.54, 1.807) is 0 Å². The molecule has 0 radical (unpaired) electrons. The fourth-order valence-corrected chi connectivity index (χ4v) is 1.61. The Labute approximate surface area is 88.6 Å². The highest BCUT2D eigenvalue weighted by molar-refractivity contribution is 6.27. The highest BCUT2D eigenvalue weighted by Crippen LogP contribution is 2.21. The summed E-state index contributed by atoms with van der Waals surface area (Å²) in [6.45, 7) is 1.53. The number of hydrogen-bond acceptors (Lipinski definition) is 3. The summed E-state index contributed by atoms with van der Waals surface area (Å²) in [5.74, 6) is -0.235. The number of amides is 1. The summed E-state index contributed by atoms with van der Waals surface area (Å²) in [5.41, 5.74) is -0.766. The molecule has 0 saturated carbocycles. The van der Waals surface area contributed by atoms with Crippen LogP contribution in [0.5, 0.6) is 0 Å². The lowest BCUT2D eigenvalue weighted by Gasteiger charge is -2.31. The quantitative estimate of drug-likeness (QED) is 0.671. The van der Waals surface area contributed by atoms with E-state index in [0.717, 1.165) is 19.4 Å². The Hall–Kier alpha value is -0.320. The molecule has 0 aliphatic carbocycles. The summed E-state index contributed by atoms with van der Waals surface area (Å²) in [6.07, 6.45) is 2.14. The average Bonchev–Trinajstić information content (AvgIpc) is 2.18. The normalized spacial score (nSPS) is 27.3. The lowest BCUT2D eigenvalue weighted by atomic mass is 9.93. The number of ether oxygens (including phenoxy) is 1. The Bertz CT molecular complexity index is 192. The summed E-state index contributed by atoms with van der Waals surface area (Å²) >= 11 is 5.31. The van der Waals surface area contributed by atoms with Gasteiger partial charge in [-0.1, -0.05) is 0 Å². The number of alkyl halides is 1. The maximum Gasteiger partial charge on any atom is 0.234 e. The number of hydrogen-bond donors (Lipinski definition) is 2. The molecule has 1 fully saturated rings. The molecule has 0 spiro atoms. The lowest BCUT2D eigenvalue weighted by molar-refractivity contribution is -0.119. The van der Waals surface area contributed by atoms with Crippen molar-refractivity contribution in [1.82, 2.24) is 5.32 Å². The first-order chi connectivity index (χ1) is 6.66. The number of carbonyl (C=O) groups is 1. The molecule has 1 unspecified atom stereocenters. The second-order valence-corrected chi connectivity index (χ2v) is 3.88. The monoisotopic (exact) mass is 221 g/mol. The maximum absolute atomic E-state index is 10.8. The predicted molar refractivity (Wildman–Crippen MR) is 53.3 cm³/mol. The summed E-state index contributed by atoms with van der Waals surface area (Å²) in [6, 6.07) is 0. The van der Waals surface area contributed by atoms with Crippen LogP contribution in [0.4, 0.5) is 0 Å². The molecule has 1 aliphatic rings. The molecule has 4 nitrogen and oxygen atoms in total. The third kappa shape index (κ3) is 3.82. The second-order valence-electron chi connectivity index (χ2n) is 3.61. The SMILES string of the molecule is O=C(CCl)NCCC1(O)CCCOC1. The van der Waals surface area contributed by atoms with Gasteiger partial charge in [-0.3, -0.25) is 4.79 Å².